The van der Waals surface area contributed by atoms with Crippen molar-refractivity contribution in [3.8, 4) is 5.75 Å². The van der Waals surface area contributed by atoms with E-state index in [2.05, 4.69) is 10.3 Å². The summed E-state index contributed by atoms with van der Waals surface area (Å²) in [6.07, 6.45) is -0.0565. The first kappa shape index (κ1) is 32.1. The maximum atomic E-state index is 14.0. The predicted molar refractivity (Wildman–Crippen MR) is 168 cm³/mol. The van der Waals surface area contributed by atoms with Gasteiger partial charge in [0.1, 0.15) is 23.4 Å². The lowest BCUT2D eigenvalue weighted by Crippen LogP contribution is -2.56. The number of aryl methyl sites for hydroxylation is 1. The van der Waals surface area contributed by atoms with Crippen LogP contribution >= 0.6 is 0 Å². The van der Waals surface area contributed by atoms with E-state index in [1.807, 2.05) is 31.2 Å². The number of piperazine rings is 1. The number of para-hydroxylation sites is 1. The summed E-state index contributed by atoms with van der Waals surface area (Å²) < 4.78 is 33.1. The summed E-state index contributed by atoms with van der Waals surface area (Å²) in [6.45, 7) is 1.74. The van der Waals surface area contributed by atoms with Crippen molar-refractivity contribution in [1.29, 1.82) is 0 Å². The second kappa shape index (κ2) is 13.8. The number of H-pyrrole nitrogens is 1. The van der Waals surface area contributed by atoms with Gasteiger partial charge in [0.15, 0.2) is 0 Å². The summed E-state index contributed by atoms with van der Waals surface area (Å²) in [5, 5.41) is 3.61. The van der Waals surface area contributed by atoms with E-state index in [0.717, 1.165) is 40.4 Å². The average molecular weight is 632 g/mol. The number of fused-ring (bicyclic) bond motifs is 1. The van der Waals surface area contributed by atoms with Crippen molar-refractivity contribution >= 4 is 40.2 Å². The van der Waals surface area contributed by atoms with Crippen molar-refractivity contribution in [2.45, 2.75) is 25.8 Å². The molecule has 1 atom stereocenters. The molecule has 4 amide bonds. The Balaban J connectivity index is 1.23. The van der Waals surface area contributed by atoms with Crippen LogP contribution in [0.15, 0.2) is 66.7 Å². The normalized spacial score (nSPS) is 13.9. The molecule has 1 fully saturated rings. The van der Waals surface area contributed by atoms with Gasteiger partial charge in [0.2, 0.25) is 23.6 Å². The van der Waals surface area contributed by atoms with Crippen LogP contribution in [0.25, 0.3) is 10.9 Å². The van der Waals surface area contributed by atoms with Crippen molar-refractivity contribution in [2.24, 2.45) is 0 Å². The number of amides is 4. The number of likely N-dealkylation sites (N-methyl/N-ethyl adjacent to an activating group) is 1. The second-order valence-electron chi connectivity index (χ2n) is 11.3. The molecule has 10 nitrogen and oxygen atoms in total. The molecule has 3 aromatic carbocycles. The molecular formula is C34H35F2N5O5. The zero-order valence-electron chi connectivity index (χ0n) is 25.8. The van der Waals surface area contributed by atoms with Crippen LogP contribution < -0.4 is 15.0 Å². The van der Waals surface area contributed by atoms with E-state index in [-0.39, 0.29) is 50.5 Å². The minimum Gasteiger partial charge on any atom is -0.497 e. The zero-order chi connectivity index (χ0) is 33.0. The summed E-state index contributed by atoms with van der Waals surface area (Å²) in [5.74, 6) is -2.79. The molecule has 0 radical (unpaired) electrons. The molecule has 2 heterocycles. The van der Waals surface area contributed by atoms with Crippen LogP contribution in [0.1, 0.15) is 16.8 Å². The number of methoxy groups -OCH3 is 1. The second-order valence-corrected chi connectivity index (χ2v) is 11.3. The summed E-state index contributed by atoms with van der Waals surface area (Å²) in [7, 11) is 3.04. The molecule has 0 spiro atoms. The molecular weight excluding hydrogens is 596 g/mol. The highest BCUT2D eigenvalue weighted by atomic mass is 19.1. The van der Waals surface area contributed by atoms with Crippen LogP contribution in [0.3, 0.4) is 0 Å². The topological polar surface area (TPSA) is 115 Å². The Kier molecular flexibility index (Phi) is 9.64. The summed E-state index contributed by atoms with van der Waals surface area (Å²) in [5.41, 5.74) is 3.38. The van der Waals surface area contributed by atoms with E-state index in [1.165, 1.54) is 28.9 Å². The molecule has 0 bridgehead atoms. The molecule has 0 unspecified atom stereocenters. The highest BCUT2D eigenvalue weighted by molar-refractivity contribution is 6.00. The Morgan fingerprint density at radius 1 is 1.02 bits per heavy atom. The molecule has 46 heavy (non-hydrogen) atoms. The van der Waals surface area contributed by atoms with Gasteiger partial charge in [-0.2, -0.15) is 0 Å². The van der Waals surface area contributed by atoms with Gasteiger partial charge in [0.25, 0.3) is 0 Å². The number of anilines is 1. The zero-order valence-corrected chi connectivity index (χ0v) is 25.8. The molecule has 12 heteroatoms. The van der Waals surface area contributed by atoms with Gasteiger partial charge in [-0.1, -0.05) is 18.2 Å². The summed E-state index contributed by atoms with van der Waals surface area (Å²) in [4.78, 5) is 60.4. The number of ether oxygens (including phenoxy) is 1. The van der Waals surface area contributed by atoms with E-state index < -0.39 is 35.4 Å². The van der Waals surface area contributed by atoms with Crippen molar-refractivity contribution in [3.63, 3.8) is 0 Å². The number of hydrogen-bond acceptors (Lipinski definition) is 5. The molecule has 240 valence electrons. The molecule has 1 aliphatic heterocycles. The number of benzene rings is 3. The summed E-state index contributed by atoms with van der Waals surface area (Å²) in [6, 6.07) is 16.1. The minimum atomic E-state index is -1.20. The average Bonchev–Trinajstić information content (AvgIpc) is 3.34. The Morgan fingerprint density at radius 2 is 1.72 bits per heavy atom. The lowest BCUT2D eigenvalue weighted by molar-refractivity contribution is -0.146. The molecule has 1 aliphatic rings. The third-order valence-electron chi connectivity index (χ3n) is 8.15. The number of hydrogen-bond donors (Lipinski definition) is 2. The number of halogens is 2. The molecule has 0 aliphatic carbocycles. The van der Waals surface area contributed by atoms with E-state index in [9.17, 15) is 28.0 Å². The number of rotatable bonds is 10. The number of carbonyl (C=O) groups is 4. The number of carbonyl (C=O) groups excluding carboxylic acids is 4. The lowest BCUT2D eigenvalue weighted by atomic mass is 10.0. The first-order chi connectivity index (χ1) is 22.0. The number of nitrogens with zero attached hydrogens (tertiary/aromatic N) is 3. The van der Waals surface area contributed by atoms with Crippen LogP contribution in [0.4, 0.5) is 14.5 Å². The maximum Gasteiger partial charge on any atom is 0.249 e. The van der Waals surface area contributed by atoms with E-state index >= 15 is 0 Å². The van der Waals surface area contributed by atoms with E-state index in [1.54, 1.807) is 24.3 Å². The molecule has 2 N–H and O–H groups in total. The quantitative estimate of drug-likeness (QED) is 0.279. The Hall–Kier alpha value is -5.26. The first-order valence-corrected chi connectivity index (χ1v) is 14.8. The van der Waals surface area contributed by atoms with Gasteiger partial charge in [-0.15, -0.1) is 0 Å². The third kappa shape index (κ3) is 7.33. The van der Waals surface area contributed by atoms with Crippen LogP contribution in [-0.4, -0.2) is 84.8 Å². The molecule has 1 aromatic heterocycles. The van der Waals surface area contributed by atoms with Crippen LogP contribution in [0, 0.1) is 18.6 Å². The van der Waals surface area contributed by atoms with Crippen molar-refractivity contribution < 1.29 is 32.7 Å². The fraction of sp³-hybridized carbons (Fsp3) is 0.294. The Labute approximate surface area is 264 Å². The fourth-order valence-corrected chi connectivity index (χ4v) is 5.66. The SMILES string of the molecule is COc1ccc(N(C)C(=O)[C@H](Cc2cc(F)cc(F)c2)NC(=O)CN2CCN(C(=O)Cc3c(C)[nH]c4ccccc34)CC2=O)cc1. The predicted octanol–water partition coefficient (Wildman–Crippen LogP) is 3.37. The van der Waals surface area contributed by atoms with Crippen LogP contribution in [0.2, 0.25) is 0 Å². The Morgan fingerprint density at radius 3 is 2.39 bits per heavy atom. The molecule has 1 saturated heterocycles. The third-order valence-corrected chi connectivity index (χ3v) is 8.15. The summed E-state index contributed by atoms with van der Waals surface area (Å²) >= 11 is 0. The van der Waals surface area contributed by atoms with Crippen molar-refractivity contribution in [2.75, 3.05) is 45.2 Å². The minimum absolute atomic E-state index is 0.129. The van der Waals surface area contributed by atoms with Gasteiger partial charge in [0.05, 0.1) is 26.6 Å². The number of aromatic nitrogens is 1. The van der Waals surface area contributed by atoms with E-state index in [0.29, 0.717) is 11.4 Å². The standard InChI is InChI=1S/C34H35F2N5O5/c1-21-28(27-6-4-5-7-29(27)37-21)18-32(43)41-13-12-40(33(44)20-41)19-31(42)38-30(16-22-14-23(35)17-24(36)15-22)34(45)39(2)25-8-10-26(46-3)11-9-25/h4-11,14-15,17,30,37H,12-13,16,18-20H2,1-3H3,(H,38,42)/t30-/m0/s1. The van der Waals surface area contributed by atoms with Crippen LogP contribution in [0.5, 0.6) is 5.75 Å². The molecule has 0 saturated carbocycles. The fourth-order valence-electron chi connectivity index (χ4n) is 5.66. The smallest absolute Gasteiger partial charge is 0.249 e. The lowest BCUT2D eigenvalue weighted by Gasteiger charge is -2.34. The van der Waals surface area contributed by atoms with Gasteiger partial charge in [0, 0.05) is 54.9 Å². The monoisotopic (exact) mass is 631 g/mol. The molecule has 5 rings (SSSR count). The van der Waals surface area contributed by atoms with Gasteiger partial charge in [-0.25, -0.2) is 8.78 Å². The Bertz CT molecular complexity index is 1750. The van der Waals surface area contributed by atoms with Crippen LogP contribution in [-0.2, 0) is 32.0 Å². The maximum absolute atomic E-state index is 14.0. The van der Waals surface area contributed by atoms with Gasteiger partial charge < -0.3 is 29.7 Å². The van der Waals surface area contributed by atoms with Crippen molar-refractivity contribution in [3.05, 3.63) is 95.2 Å². The number of aromatic amines is 1. The van der Waals surface area contributed by atoms with Gasteiger partial charge >= 0.3 is 0 Å². The van der Waals surface area contributed by atoms with E-state index in [4.69, 9.17) is 4.74 Å². The largest absolute Gasteiger partial charge is 0.497 e. The highest BCUT2D eigenvalue weighted by Crippen LogP contribution is 2.23. The first-order valence-electron chi connectivity index (χ1n) is 14.8. The molecule has 4 aromatic rings. The van der Waals surface area contributed by atoms with Gasteiger partial charge in [-0.3, -0.25) is 19.2 Å². The van der Waals surface area contributed by atoms with Gasteiger partial charge in [-0.05, 0) is 60.5 Å². The highest BCUT2D eigenvalue weighted by Gasteiger charge is 2.31. The number of nitrogens with one attached hydrogen (secondary N) is 2. The van der Waals surface area contributed by atoms with Crippen molar-refractivity contribution in [1.82, 2.24) is 20.1 Å².